The van der Waals surface area contributed by atoms with Gasteiger partial charge >= 0.3 is 0 Å². The number of carbonyl (C=O) groups excluding carboxylic acids is 1. The minimum absolute atomic E-state index is 0.0441. The average molecular weight is 330 g/mol. The van der Waals surface area contributed by atoms with Crippen LogP contribution in [-0.4, -0.2) is 49.4 Å². The zero-order valence-electron chi connectivity index (χ0n) is 13.3. The van der Waals surface area contributed by atoms with Crippen LogP contribution in [0.2, 0.25) is 0 Å². The maximum absolute atomic E-state index is 13.7. The van der Waals surface area contributed by atoms with Crippen LogP contribution < -0.4 is 0 Å². The van der Waals surface area contributed by atoms with Crippen molar-refractivity contribution in [3.63, 3.8) is 0 Å². The number of halogens is 1. The first-order valence-electron chi connectivity index (χ1n) is 7.25. The Morgan fingerprint density at radius 2 is 1.77 bits per heavy atom. The molecule has 0 bridgehead atoms. The fourth-order valence-electron chi connectivity index (χ4n) is 2.13. The number of rotatable bonds is 8. The summed E-state index contributed by atoms with van der Waals surface area (Å²) in [7, 11) is -3.52. The molecule has 0 aromatic heterocycles. The molecule has 1 rings (SSSR count). The van der Waals surface area contributed by atoms with Gasteiger partial charge < -0.3 is 4.90 Å². The van der Waals surface area contributed by atoms with Crippen LogP contribution in [-0.2, 0) is 21.4 Å². The van der Waals surface area contributed by atoms with Gasteiger partial charge in [0.15, 0.2) is 0 Å². The van der Waals surface area contributed by atoms with Gasteiger partial charge in [0, 0.05) is 38.2 Å². The van der Waals surface area contributed by atoms with E-state index < -0.39 is 15.8 Å². The molecular formula is C15H23FN2O3S. The lowest BCUT2D eigenvalue weighted by molar-refractivity contribution is -0.130. The maximum Gasteiger partial charge on any atom is 0.223 e. The van der Waals surface area contributed by atoms with Crippen molar-refractivity contribution in [1.82, 2.24) is 9.21 Å². The van der Waals surface area contributed by atoms with Crippen molar-refractivity contribution in [2.75, 3.05) is 25.9 Å². The molecule has 1 aromatic rings. The Morgan fingerprint density at radius 1 is 1.18 bits per heavy atom. The summed E-state index contributed by atoms with van der Waals surface area (Å²) in [6.07, 6.45) is 1.15. The molecular weight excluding hydrogens is 307 g/mol. The van der Waals surface area contributed by atoms with Gasteiger partial charge in [-0.25, -0.2) is 12.8 Å². The molecule has 1 aromatic carbocycles. The minimum Gasteiger partial charge on any atom is -0.343 e. The van der Waals surface area contributed by atoms with E-state index in [0.29, 0.717) is 18.7 Å². The van der Waals surface area contributed by atoms with Crippen molar-refractivity contribution in [3.05, 3.63) is 35.6 Å². The fourth-order valence-corrected chi connectivity index (χ4v) is 2.93. The van der Waals surface area contributed by atoms with E-state index >= 15 is 0 Å². The molecule has 0 aliphatic rings. The summed E-state index contributed by atoms with van der Waals surface area (Å²) in [5.41, 5.74) is 0.295. The summed E-state index contributed by atoms with van der Waals surface area (Å²) in [5, 5.41) is 0. The van der Waals surface area contributed by atoms with Crippen LogP contribution in [0.4, 0.5) is 4.39 Å². The number of carbonyl (C=O) groups is 1. The highest BCUT2D eigenvalue weighted by atomic mass is 32.2. The number of hydrogen-bond acceptors (Lipinski definition) is 3. The quantitative estimate of drug-likeness (QED) is 0.731. The predicted octanol–water partition coefficient (Wildman–Crippen LogP) is 1.85. The van der Waals surface area contributed by atoms with Gasteiger partial charge in [-0.3, -0.25) is 4.79 Å². The molecule has 0 saturated heterocycles. The molecule has 22 heavy (non-hydrogen) atoms. The molecule has 0 aliphatic heterocycles. The minimum atomic E-state index is -3.52. The second-order valence-corrected chi connectivity index (χ2v) is 6.99. The van der Waals surface area contributed by atoms with Crippen LogP contribution in [0.1, 0.15) is 25.8 Å². The molecule has 7 heteroatoms. The SMILES string of the molecule is CCN(CC)C(=O)CCN(Cc1ccccc1F)S(C)(=O)=O. The van der Waals surface area contributed by atoms with Crippen molar-refractivity contribution < 1.29 is 17.6 Å². The van der Waals surface area contributed by atoms with Gasteiger partial charge in [0.25, 0.3) is 0 Å². The highest BCUT2D eigenvalue weighted by Crippen LogP contribution is 2.13. The van der Waals surface area contributed by atoms with Crippen LogP contribution >= 0.6 is 0 Å². The normalized spacial score (nSPS) is 11.7. The number of nitrogens with zero attached hydrogens (tertiary/aromatic N) is 2. The van der Waals surface area contributed by atoms with Crippen molar-refractivity contribution in [1.29, 1.82) is 0 Å². The molecule has 0 N–H and O–H groups in total. The lowest BCUT2D eigenvalue weighted by Gasteiger charge is -2.23. The molecule has 0 radical (unpaired) electrons. The van der Waals surface area contributed by atoms with Gasteiger partial charge in [-0.1, -0.05) is 18.2 Å². The summed E-state index contributed by atoms with van der Waals surface area (Å²) >= 11 is 0. The highest BCUT2D eigenvalue weighted by Gasteiger charge is 2.20. The Labute approximate surface area is 131 Å². The van der Waals surface area contributed by atoms with Crippen LogP contribution in [0.25, 0.3) is 0 Å². The second kappa shape index (κ2) is 8.24. The van der Waals surface area contributed by atoms with Crippen molar-refractivity contribution in [2.45, 2.75) is 26.8 Å². The lowest BCUT2D eigenvalue weighted by Crippen LogP contribution is -2.36. The van der Waals surface area contributed by atoms with Crippen molar-refractivity contribution in [3.8, 4) is 0 Å². The summed E-state index contributed by atoms with van der Waals surface area (Å²) in [5.74, 6) is -0.557. The van der Waals surface area contributed by atoms with E-state index in [0.717, 1.165) is 10.6 Å². The third-order valence-electron chi connectivity index (χ3n) is 3.46. The van der Waals surface area contributed by atoms with Gasteiger partial charge in [-0.05, 0) is 19.9 Å². The smallest absolute Gasteiger partial charge is 0.223 e. The maximum atomic E-state index is 13.7. The van der Waals surface area contributed by atoms with Gasteiger partial charge in [0.2, 0.25) is 15.9 Å². The summed E-state index contributed by atoms with van der Waals surface area (Å²) in [6.45, 7) is 4.88. The topological polar surface area (TPSA) is 57.7 Å². The molecule has 0 atom stereocenters. The lowest BCUT2D eigenvalue weighted by atomic mass is 10.2. The Kier molecular flexibility index (Phi) is 6.96. The van der Waals surface area contributed by atoms with E-state index in [-0.39, 0.29) is 25.4 Å². The number of amides is 1. The zero-order valence-corrected chi connectivity index (χ0v) is 14.1. The summed E-state index contributed by atoms with van der Waals surface area (Å²) in [6, 6.07) is 6.03. The summed E-state index contributed by atoms with van der Waals surface area (Å²) < 4.78 is 38.5. The third kappa shape index (κ3) is 5.38. The van der Waals surface area contributed by atoms with Crippen molar-refractivity contribution >= 4 is 15.9 Å². The number of hydrogen-bond donors (Lipinski definition) is 0. The predicted molar refractivity (Wildman–Crippen MR) is 84.2 cm³/mol. The first-order valence-corrected chi connectivity index (χ1v) is 9.10. The van der Waals surface area contributed by atoms with E-state index in [9.17, 15) is 17.6 Å². The monoisotopic (exact) mass is 330 g/mol. The highest BCUT2D eigenvalue weighted by molar-refractivity contribution is 7.88. The largest absolute Gasteiger partial charge is 0.343 e. The first kappa shape index (κ1) is 18.6. The van der Waals surface area contributed by atoms with E-state index in [1.807, 2.05) is 13.8 Å². The van der Waals surface area contributed by atoms with Gasteiger partial charge in [-0.2, -0.15) is 4.31 Å². The molecule has 0 unspecified atom stereocenters. The Morgan fingerprint density at radius 3 is 2.27 bits per heavy atom. The molecule has 1 amide bonds. The Bertz CT molecular complexity index is 601. The van der Waals surface area contributed by atoms with Gasteiger partial charge in [0.05, 0.1) is 6.26 Å². The molecule has 0 aliphatic carbocycles. The summed E-state index contributed by atoms with van der Waals surface area (Å²) in [4.78, 5) is 13.6. The van der Waals surface area contributed by atoms with Crippen LogP contribution in [0.3, 0.4) is 0 Å². The number of benzene rings is 1. The van der Waals surface area contributed by atoms with Gasteiger partial charge in [-0.15, -0.1) is 0 Å². The first-order chi connectivity index (χ1) is 10.3. The molecule has 0 spiro atoms. The molecule has 0 saturated carbocycles. The second-order valence-electron chi connectivity index (χ2n) is 5.00. The zero-order chi connectivity index (χ0) is 16.8. The van der Waals surface area contributed by atoms with E-state index in [4.69, 9.17) is 0 Å². The Hall–Kier alpha value is -1.47. The third-order valence-corrected chi connectivity index (χ3v) is 4.71. The standard InChI is InChI=1S/C15H23FN2O3S/c1-4-17(5-2)15(19)10-11-18(22(3,20)21)12-13-8-6-7-9-14(13)16/h6-9H,4-5,10-12H2,1-3H3. The number of sulfonamides is 1. The van der Waals surface area contributed by atoms with Crippen LogP contribution in [0.15, 0.2) is 24.3 Å². The molecule has 0 fully saturated rings. The van der Waals surface area contributed by atoms with Crippen molar-refractivity contribution in [2.24, 2.45) is 0 Å². The van der Waals surface area contributed by atoms with E-state index in [1.165, 1.54) is 6.07 Å². The fraction of sp³-hybridized carbons (Fsp3) is 0.533. The van der Waals surface area contributed by atoms with Crippen LogP contribution in [0, 0.1) is 5.82 Å². The van der Waals surface area contributed by atoms with E-state index in [1.54, 1.807) is 23.1 Å². The molecule has 5 nitrogen and oxygen atoms in total. The van der Waals surface area contributed by atoms with Crippen LogP contribution in [0.5, 0.6) is 0 Å². The molecule has 0 heterocycles. The molecule has 124 valence electrons. The van der Waals surface area contributed by atoms with Gasteiger partial charge in [0.1, 0.15) is 5.82 Å². The average Bonchev–Trinajstić information content (AvgIpc) is 2.45. The Balaban J connectivity index is 2.79. The van der Waals surface area contributed by atoms with E-state index in [2.05, 4.69) is 0 Å².